The van der Waals surface area contributed by atoms with E-state index in [1.807, 2.05) is 12.1 Å². The number of piperazine rings is 1. The maximum absolute atomic E-state index is 13.1. The summed E-state index contributed by atoms with van der Waals surface area (Å²) in [4.78, 5) is 25.4. The highest BCUT2D eigenvalue weighted by Gasteiger charge is 2.30. The topological polar surface area (TPSA) is 61.4 Å². The van der Waals surface area contributed by atoms with Gasteiger partial charge in [-0.15, -0.1) is 0 Å². The molecule has 2 aromatic heterocycles. The molecule has 0 radical (unpaired) electrons. The molecular weight excluding hydrogens is 419 g/mol. The molecule has 1 aliphatic heterocycles. The molecule has 0 unspecified atom stereocenters. The van der Waals surface area contributed by atoms with Crippen molar-refractivity contribution in [3.63, 3.8) is 0 Å². The van der Waals surface area contributed by atoms with E-state index in [4.69, 9.17) is 0 Å². The van der Waals surface area contributed by atoms with Gasteiger partial charge in [0.15, 0.2) is 0 Å². The van der Waals surface area contributed by atoms with Crippen molar-refractivity contribution in [2.45, 2.75) is 12.7 Å². The van der Waals surface area contributed by atoms with Crippen LogP contribution in [0.4, 0.5) is 24.7 Å². The average Bonchev–Trinajstić information content (AvgIpc) is 2.80. The van der Waals surface area contributed by atoms with Gasteiger partial charge in [-0.1, -0.05) is 6.07 Å². The Morgan fingerprint density at radius 1 is 0.969 bits per heavy atom. The molecule has 166 valence electrons. The maximum Gasteiger partial charge on any atom is 0.416 e. The molecule has 3 aromatic rings. The molecule has 9 heteroatoms. The molecule has 1 aromatic carbocycles. The number of halogens is 3. The van der Waals surface area contributed by atoms with Gasteiger partial charge in [0, 0.05) is 57.0 Å². The summed E-state index contributed by atoms with van der Waals surface area (Å²) >= 11 is 0. The first-order valence-corrected chi connectivity index (χ1v) is 10.2. The Kier molecular flexibility index (Phi) is 6.36. The molecular formula is C23H22F3N5O. The Labute approximate surface area is 183 Å². The smallest absolute Gasteiger partial charge is 0.340 e. The van der Waals surface area contributed by atoms with E-state index in [1.54, 1.807) is 29.4 Å². The zero-order valence-electron chi connectivity index (χ0n) is 17.2. The van der Waals surface area contributed by atoms with Gasteiger partial charge in [0.25, 0.3) is 5.91 Å². The number of pyridine rings is 2. The van der Waals surface area contributed by atoms with Crippen molar-refractivity contribution < 1.29 is 18.0 Å². The molecule has 1 saturated heterocycles. The van der Waals surface area contributed by atoms with Gasteiger partial charge in [0.1, 0.15) is 5.82 Å². The van der Waals surface area contributed by atoms with Crippen molar-refractivity contribution >= 4 is 17.4 Å². The number of anilines is 2. The average molecular weight is 441 g/mol. The zero-order chi connectivity index (χ0) is 22.6. The Morgan fingerprint density at radius 2 is 1.72 bits per heavy atom. The summed E-state index contributed by atoms with van der Waals surface area (Å²) in [6, 6.07) is 12.0. The van der Waals surface area contributed by atoms with Crippen LogP contribution < -0.4 is 5.32 Å². The van der Waals surface area contributed by atoms with Gasteiger partial charge in [-0.25, -0.2) is 4.98 Å². The lowest BCUT2D eigenvalue weighted by Gasteiger charge is -2.35. The van der Waals surface area contributed by atoms with Gasteiger partial charge in [-0.3, -0.25) is 14.7 Å². The predicted molar refractivity (Wildman–Crippen MR) is 114 cm³/mol. The first kappa shape index (κ1) is 21.8. The van der Waals surface area contributed by atoms with Crippen LogP contribution in [0.3, 0.4) is 0 Å². The van der Waals surface area contributed by atoms with E-state index in [1.165, 1.54) is 23.9 Å². The second-order valence-corrected chi connectivity index (χ2v) is 7.53. The van der Waals surface area contributed by atoms with Crippen LogP contribution in [0.5, 0.6) is 0 Å². The van der Waals surface area contributed by atoms with E-state index in [2.05, 4.69) is 20.2 Å². The van der Waals surface area contributed by atoms with E-state index in [0.717, 1.165) is 31.8 Å². The predicted octanol–water partition coefficient (Wildman–Crippen LogP) is 4.20. The molecule has 0 bridgehead atoms. The van der Waals surface area contributed by atoms with Crippen LogP contribution in [-0.4, -0.2) is 51.9 Å². The van der Waals surface area contributed by atoms with E-state index in [9.17, 15) is 18.0 Å². The van der Waals surface area contributed by atoms with Gasteiger partial charge >= 0.3 is 6.18 Å². The minimum Gasteiger partial charge on any atom is -0.340 e. The van der Waals surface area contributed by atoms with E-state index >= 15 is 0 Å². The molecule has 0 atom stereocenters. The standard InChI is InChI=1S/C23H22F3N5O/c24-23(25,26)18-3-1-4-19(15-18)29-21-20(5-2-8-28-21)22(32)31-13-11-30(12-14-31)16-17-6-9-27-10-7-17/h1-10,15H,11-14,16H2,(H,28,29). The largest absolute Gasteiger partial charge is 0.416 e. The Bertz CT molecular complexity index is 1070. The summed E-state index contributed by atoms with van der Waals surface area (Å²) in [5, 5.41) is 2.87. The molecule has 1 amide bonds. The van der Waals surface area contributed by atoms with Crippen molar-refractivity contribution in [3.8, 4) is 0 Å². The SMILES string of the molecule is O=C(c1cccnc1Nc1cccc(C(F)(F)F)c1)N1CCN(Cc2ccncc2)CC1. The van der Waals surface area contributed by atoms with Crippen LogP contribution >= 0.6 is 0 Å². The number of alkyl halides is 3. The second-order valence-electron chi connectivity index (χ2n) is 7.53. The fourth-order valence-corrected chi connectivity index (χ4v) is 3.61. The first-order chi connectivity index (χ1) is 15.4. The number of nitrogens with one attached hydrogen (secondary N) is 1. The van der Waals surface area contributed by atoms with Gasteiger partial charge in [-0.05, 0) is 48.0 Å². The number of benzene rings is 1. The quantitative estimate of drug-likeness (QED) is 0.643. The van der Waals surface area contributed by atoms with Crippen LogP contribution in [-0.2, 0) is 12.7 Å². The lowest BCUT2D eigenvalue weighted by Crippen LogP contribution is -2.48. The van der Waals surface area contributed by atoms with E-state index < -0.39 is 11.7 Å². The summed E-state index contributed by atoms with van der Waals surface area (Å²) in [6.07, 6.45) is 0.572. The number of rotatable bonds is 5. The molecule has 1 N–H and O–H groups in total. The molecule has 0 aliphatic carbocycles. The summed E-state index contributed by atoms with van der Waals surface area (Å²) in [6.45, 7) is 3.36. The Morgan fingerprint density at radius 3 is 2.44 bits per heavy atom. The molecule has 0 saturated carbocycles. The normalized spacial score (nSPS) is 14.9. The Balaban J connectivity index is 1.43. The minimum atomic E-state index is -4.45. The minimum absolute atomic E-state index is 0.198. The van der Waals surface area contributed by atoms with E-state index in [-0.39, 0.29) is 17.4 Å². The third-order valence-electron chi connectivity index (χ3n) is 5.31. The maximum atomic E-state index is 13.1. The lowest BCUT2D eigenvalue weighted by molar-refractivity contribution is -0.137. The fraction of sp³-hybridized carbons (Fsp3) is 0.261. The number of carbonyl (C=O) groups is 1. The van der Waals surface area contributed by atoms with Gasteiger partial charge in [0.05, 0.1) is 11.1 Å². The van der Waals surface area contributed by atoms with Crippen LogP contribution in [0, 0.1) is 0 Å². The molecule has 1 fully saturated rings. The highest BCUT2D eigenvalue weighted by molar-refractivity contribution is 5.99. The summed E-state index contributed by atoms with van der Waals surface area (Å²) in [7, 11) is 0. The van der Waals surface area contributed by atoms with E-state index in [0.29, 0.717) is 18.7 Å². The van der Waals surface area contributed by atoms with Crippen molar-refractivity contribution in [1.29, 1.82) is 0 Å². The molecule has 1 aliphatic rings. The lowest BCUT2D eigenvalue weighted by atomic mass is 10.1. The van der Waals surface area contributed by atoms with Crippen LogP contribution in [0.15, 0.2) is 67.1 Å². The monoisotopic (exact) mass is 441 g/mol. The second kappa shape index (κ2) is 9.35. The first-order valence-electron chi connectivity index (χ1n) is 10.2. The van der Waals surface area contributed by atoms with Gasteiger partial charge < -0.3 is 10.2 Å². The summed E-state index contributed by atoms with van der Waals surface area (Å²) in [5.74, 6) is 0.0344. The molecule has 0 spiro atoms. The number of carbonyl (C=O) groups excluding carboxylic acids is 1. The van der Waals surface area contributed by atoms with Crippen molar-refractivity contribution in [1.82, 2.24) is 19.8 Å². The van der Waals surface area contributed by atoms with Crippen LogP contribution in [0.25, 0.3) is 0 Å². The highest BCUT2D eigenvalue weighted by Crippen LogP contribution is 2.31. The Hall–Kier alpha value is -3.46. The van der Waals surface area contributed by atoms with Crippen molar-refractivity contribution in [3.05, 3.63) is 83.8 Å². The summed E-state index contributed by atoms with van der Waals surface area (Å²) < 4.78 is 39.0. The highest BCUT2D eigenvalue weighted by atomic mass is 19.4. The third kappa shape index (κ3) is 5.23. The van der Waals surface area contributed by atoms with Gasteiger partial charge in [0.2, 0.25) is 0 Å². The molecule has 3 heterocycles. The molecule has 32 heavy (non-hydrogen) atoms. The molecule has 4 rings (SSSR count). The number of hydrogen-bond acceptors (Lipinski definition) is 5. The zero-order valence-corrected chi connectivity index (χ0v) is 17.2. The fourth-order valence-electron chi connectivity index (χ4n) is 3.61. The number of nitrogens with zero attached hydrogens (tertiary/aromatic N) is 4. The van der Waals surface area contributed by atoms with Crippen LogP contribution in [0.1, 0.15) is 21.5 Å². The molecule has 6 nitrogen and oxygen atoms in total. The number of amides is 1. The van der Waals surface area contributed by atoms with Gasteiger partial charge in [-0.2, -0.15) is 13.2 Å². The van der Waals surface area contributed by atoms with Crippen molar-refractivity contribution in [2.75, 3.05) is 31.5 Å². The van der Waals surface area contributed by atoms with Crippen LogP contribution in [0.2, 0.25) is 0 Å². The number of hydrogen-bond donors (Lipinski definition) is 1. The third-order valence-corrected chi connectivity index (χ3v) is 5.31. The van der Waals surface area contributed by atoms with Crippen molar-refractivity contribution in [2.24, 2.45) is 0 Å². The summed E-state index contributed by atoms with van der Waals surface area (Å²) in [5.41, 5.74) is 0.943. The number of aromatic nitrogens is 2.